The molecule has 2 fully saturated rings. The number of aliphatic hydroxyl groups excluding tert-OH is 1. The van der Waals surface area contributed by atoms with Gasteiger partial charge in [-0.15, -0.1) is 0 Å². The lowest BCUT2D eigenvalue weighted by molar-refractivity contribution is 0.0717. The highest BCUT2D eigenvalue weighted by atomic mass is 16.5. The molecular weight excluding hydrogens is 394 g/mol. The number of ether oxygens (including phenoxy) is 1. The third-order valence-corrected chi connectivity index (χ3v) is 6.00. The molecule has 2 aromatic rings. The number of hydrogen-bond donors (Lipinski definition) is 4. The number of nitrogens with one attached hydrogen (secondary N) is 3. The molecule has 1 saturated carbocycles. The molecule has 31 heavy (non-hydrogen) atoms. The predicted octanol–water partition coefficient (Wildman–Crippen LogP) is 2.63. The summed E-state index contributed by atoms with van der Waals surface area (Å²) >= 11 is 0. The number of aromatic nitrogens is 2. The Morgan fingerprint density at radius 3 is 2.74 bits per heavy atom. The zero-order valence-electron chi connectivity index (χ0n) is 17.9. The van der Waals surface area contributed by atoms with Gasteiger partial charge in [-0.2, -0.15) is 0 Å². The minimum atomic E-state index is -0.459. The van der Waals surface area contributed by atoms with Crippen LogP contribution in [-0.4, -0.2) is 52.4 Å². The van der Waals surface area contributed by atoms with Crippen LogP contribution in [-0.2, 0) is 11.3 Å². The van der Waals surface area contributed by atoms with Crippen molar-refractivity contribution in [2.45, 2.75) is 63.8 Å². The lowest BCUT2D eigenvalue weighted by atomic mass is 9.92. The number of benzene rings is 1. The number of nitrogens with zero attached hydrogens (tertiary/aromatic N) is 2. The summed E-state index contributed by atoms with van der Waals surface area (Å²) in [6.07, 6.45) is 7.73. The van der Waals surface area contributed by atoms with Crippen LogP contribution in [0.2, 0.25) is 0 Å². The van der Waals surface area contributed by atoms with Crippen LogP contribution >= 0.6 is 0 Å². The maximum absolute atomic E-state index is 12.7. The van der Waals surface area contributed by atoms with Crippen LogP contribution in [0.25, 0.3) is 0 Å². The average molecular weight is 426 g/mol. The smallest absolute Gasteiger partial charge is 0.251 e. The Morgan fingerprint density at radius 1 is 1.19 bits per heavy atom. The minimum absolute atomic E-state index is 0.149. The normalized spacial score (nSPS) is 23.4. The van der Waals surface area contributed by atoms with Gasteiger partial charge in [-0.3, -0.25) is 4.79 Å². The average Bonchev–Trinajstić information content (AvgIpc) is 3.29. The van der Waals surface area contributed by atoms with Crippen molar-refractivity contribution >= 4 is 17.5 Å². The van der Waals surface area contributed by atoms with Crippen molar-refractivity contribution in [1.29, 1.82) is 0 Å². The number of hydrogen-bond acceptors (Lipinski definition) is 7. The Morgan fingerprint density at radius 2 is 2.00 bits per heavy atom. The molecule has 1 aliphatic heterocycles. The fourth-order valence-corrected chi connectivity index (χ4v) is 4.03. The van der Waals surface area contributed by atoms with Gasteiger partial charge >= 0.3 is 0 Å². The van der Waals surface area contributed by atoms with Crippen LogP contribution in [0.5, 0.6) is 0 Å². The second kappa shape index (κ2) is 10.1. The van der Waals surface area contributed by atoms with Crippen molar-refractivity contribution in [3.05, 3.63) is 47.3 Å². The summed E-state index contributed by atoms with van der Waals surface area (Å²) in [7, 11) is 0. The van der Waals surface area contributed by atoms with Crippen LogP contribution in [0, 0.1) is 6.92 Å². The largest absolute Gasteiger partial charge is 0.391 e. The maximum Gasteiger partial charge on any atom is 0.251 e. The predicted molar refractivity (Wildman–Crippen MR) is 119 cm³/mol. The standard InChI is InChI=1S/C23H31N5O3/c1-15-6-7-17(22(30)28-19-4-2-3-5-21(19)29)10-20(15)24-11-16-12-25-23(26-13-16)27-18-8-9-31-14-18/h6-7,10,12-13,18-19,21,24,29H,2-5,8-9,11,14H2,1H3,(H,28,30)(H,25,26,27)/t18-,19+,21+/m1/s1. The number of aliphatic hydroxyl groups is 1. The summed E-state index contributed by atoms with van der Waals surface area (Å²) in [5.74, 6) is 0.461. The molecule has 2 heterocycles. The van der Waals surface area contributed by atoms with Crippen LogP contribution in [0.4, 0.5) is 11.6 Å². The Kier molecular flexibility index (Phi) is 6.99. The first-order chi connectivity index (χ1) is 15.1. The Hall–Kier alpha value is -2.71. The molecule has 1 saturated heterocycles. The SMILES string of the molecule is Cc1ccc(C(=O)N[C@H]2CCCC[C@@H]2O)cc1NCc1cnc(N[C@@H]2CCOC2)nc1. The number of anilines is 2. The fraction of sp³-hybridized carbons (Fsp3) is 0.522. The molecule has 0 bridgehead atoms. The molecule has 0 unspecified atom stereocenters. The summed E-state index contributed by atoms with van der Waals surface area (Å²) in [6, 6.07) is 5.72. The number of amides is 1. The third kappa shape index (κ3) is 5.71. The third-order valence-electron chi connectivity index (χ3n) is 6.00. The monoisotopic (exact) mass is 425 g/mol. The summed E-state index contributed by atoms with van der Waals surface area (Å²) in [5.41, 5.74) is 3.48. The Bertz CT molecular complexity index is 883. The van der Waals surface area contributed by atoms with Crippen molar-refractivity contribution in [3.8, 4) is 0 Å². The lowest BCUT2D eigenvalue weighted by Gasteiger charge is -2.28. The van der Waals surface area contributed by atoms with E-state index < -0.39 is 6.10 Å². The van der Waals surface area contributed by atoms with Gasteiger partial charge in [0.25, 0.3) is 5.91 Å². The van der Waals surface area contributed by atoms with Crippen LogP contribution in [0.1, 0.15) is 53.6 Å². The van der Waals surface area contributed by atoms with E-state index in [0.29, 0.717) is 24.7 Å². The first kappa shape index (κ1) is 21.5. The lowest BCUT2D eigenvalue weighted by Crippen LogP contribution is -2.45. The number of rotatable bonds is 7. The molecule has 0 spiro atoms. The molecule has 2 aliphatic rings. The first-order valence-electron chi connectivity index (χ1n) is 11.1. The summed E-state index contributed by atoms with van der Waals surface area (Å²) in [5, 5.41) is 19.8. The zero-order valence-corrected chi connectivity index (χ0v) is 17.9. The van der Waals surface area contributed by atoms with Gasteiger partial charge in [-0.25, -0.2) is 9.97 Å². The highest BCUT2D eigenvalue weighted by Crippen LogP contribution is 2.21. The van der Waals surface area contributed by atoms with Crippen molar-refractivity contribution in [2.75, 3.05) is 23.8 Å². The van der Waals surface area contributed by atoms with E-state index in [1.165, 1.54) is 0 Å². The molecule has 1 aromatic heterocycles. The van der Waals surface area contributed by atoms with Crippen molar-refractivity contribution in [3.63, 3.8) is 0 Å². The van der Waals surface area contributed by atoms with E-state index in [1.807, 2.05) is 25.1 Å². The molecule has 3 atom stereocenters. The second-order valence-electron chi connectivity index (χ2n) is 8.43. The summed E-state index contributed by atoms with van der Waals surface area (Å²) in [6.45, 7) is 4.02. The van der Waals surface area contributed by atoms with E-state index in [4.69, 9.17) is 4.74 Å². The van der Waals surface area contributed by atoms with Gasteiger partial charge in [-0.05, 0) is 43.9 Å². The van der Waals surface area contributed by atoms with Crippen molar-refractivity contribution in [2.24, 2.45) is 0 Å². The zero-order chi connectivity index (χ0) is 21.6. The highest BCUT2D eigenvalue weighted by Gasteiger charge is 2.25. The van der Waals surface area contributed by atoms with E-state index in [9.17, 15) is 9.90 Å². The summed E-state index contributed by atoms with van der Waals surface area (Å²) in [4.78, 5) is 21.5. The van der Waals surface area contributed by atoms with Gasteiger partial charge in [-0.1, -0.05) is 18.9 Å². The Balaban J connectivity index is 1.34. The quantitative estimate of drug-likeness (QED) is 0.540. The molecule has 1 aliphatic carbocycles. The molecule has 4 N–H and O–H groups in total. The van der Waals surface area contributed by atoms with Crippen LogP contribution < -0.4 is 16.0 Å². The van der Waals surface area contributed by atoms with Gasteiger partial charge < -0.3 is 25.8 Å². The van der Waals surface area contributed by atoms with Crippen molar-refractivity contribution < 1.29 is 14.6 Å². The topological polar surface area (TPSA) is 108 Å². The number of carbonyl (C=O) groups is 1. The van der Waals surface area contributed by atoms with Gasteiger partial charge in [0.05, 0.1) is 24.8 Å². The number of aryl methyl sites for hydroxylation is 1. The maximum atomic E-state index is 12.7. The van der Waals surface area contributed by atoms with Gasteiger partial charge in [0.2, 0.25) is 5.95 Å². The highest BCUT2D eigenvalue weighted by molar-refractivity contribution is 5.95. The van der Waals surface area contributed by atoms with Crippen LogP contribution in [0.3, 0.4) is 0 Å². The van der Waals surface area contributed by atoms with E-state index in [1.54, 1.807) is 12.4 Å². The molecule has 8 nitrogen and oxygen atoms in total. The van der Waals surface area contributed by atoms with E-state index in [0.717, 1.165) is 55.5 Å². The van der Waals surface area contributed by atoms with Gasteiger partial charge in [0, 0.05) is 42.4 Å². The van der Waals surface area contributed by atoms with Gasteiger partial charge in [0.1, 0.15) is 0 Å². The van der Waals surface area contributed by atoms with Crippen molar-refractivity contribution in [1.82, 2.24) is 15.3 Å². The molecule has 166 valence electrons. The molecular formula is C23H31N5O3. The van der Waals surface area contributed by atoms with E-state index in [-0.39, 0.29) is 18.0 Å². The number of carbonyl (C=O) groups excluding carboxylic acids is 1. The molecule has 1 amide bonds. The fourth-order valence-electron chi connectivity index (χ4n) is 4.03. The molecule has 1 aromatic carbocycles. The molecule has 0 radical (unpaired) electrons. The first-order valence-corrected chi connectivity index (χ1v) is 11.1. The molecule has 4 rings (SSSR count). The van der Waals surface area contributed by atoms with Crippen LogP contribution in [0.15, 0.2) is 30.6 Å². The summed E-state index contributed by atoms with van der Waals surface area (Å²) < 4.78 is 5.36. The van der Waals surface area contributed by atoms with Gasteiger partial charge in [0.15, 0.2) is 0 Å². The second-order valence-corrected chi connectivity index (χ2v) is 8.43. The molecule has 8 heteroatoms. The Labute approximate surface area is 182 Å². The van der Waals surface area contributed by atoms with E-state index >= 15 is 0 Å². The minimum Gasteiger partial charge on any atom is -0.391 e. The van der Waals surface area contributed by atoms with E-state index in [2.05, 4.69) is 25.9 Å².